The van der Waals surface area contributed by atoms with Crippen molar-refractivity contribution in [1.82, 2.24) is 0 Å². The molecule has 0 heterocycles. The van der Waals surface area contributed by atoms with E-state index in [4.69, 9.17) is 10.00 Å². The Morgan fingerprint density at radius 2 is 2.56 bits per heavy atom. The fourth-order valence-corrected chi connectivity index (χ4v) is 0.299. The highest BCUT2D eigenvalue weighted by atomic mass is 16.7. The third-order valence-corrected chi connectivity index (χ3v) is 0.707. The molecule has 1 atom stereocenters. The van der Waals surface area contributed by atoms with Gasteiger partial charge in [-0.3, -0.25) is 0 Å². The lowest BCUT2D eigenvalue weighted by Gasteiger charge is -2.02. The summed E-state index contributed by atoms with van der Waals surface area (Å²) in [5.41, 5.74) is 0. The summed E-state index contributed by atoms with van der Waals surface area (Å²) in [7, 11) is 1.50. The van der Waals surface area contributed by atoms with E-state index < -0.39 is 6.10 Å². The zero-order valence-corrected chi connectivity index (χ0v) is 5.33. The number of hydrogen-bond acceptors (Lipinski definition) is 3. The van der Waals surface area contributed by atoms with Crippen molar-refractivity contribution >= 4 is 0 Å². The summed E-state index contributed by atoms with van der Waals surface area (Å²) in [6.45, 7) is 3.51. The molecule has 0 aromatic carbocycles. The van der Waals surface area contributed by atoms with E-state index in [1.54, 1.807) is 0 Å². The van der Waals surface area contributed by atoms with Crippen molar-refractivity contribution in [3.05, 3.63) is 12.7 Å². The monoisotopic (exact) mass is 127 g/mol. The molecule has 0 bridgehead atoms. The standard InChI is InChI=1S/C6H9NO2/c1-3-6(4-7)9-5-8-2/h3,6H,1,5H2,2H3. The van der Waals surface area contributed by atoms with Crippen LogP contribution in [0.2, 0.25) is 0 Å². The van der Waals surface area contributed by atoms with Crippen LogP contribution in [0, 0.1) is 11.3 Å². The molecular weight excluding hydrogens is 118 g/mol. The van der Waals surface area contributed by atoms with E-state index >= 15 is 0 Å². The number of hydrogen-bond donors (Lipinski definition) is 0. The second-order valence-corrected chi connectivity index (χ2v) is 1.36. The van der Waals surface area contributed by atoms with Gasteiger partial charge in [0.05, 0.1) is 6.07 Å². The molecule has 50 valence electrons. The van der Waals surface area contributed by atoms with Crippen LogP contribution in [0.1, 0.15) is 0 Å². The Morgan fingerprint density at radius 1 is 1.89 bits per heavy atom. The third-order valence-electron chi connectivity index (χ3n) is 0.707. The van der Waals surface area contributed by atoms with Crippen molar-refractivity contribution < 1.29 is 9.47 Å². The molecule has 0 aliphatic carbocycles. The Kier molecular flexibility index (Phi) is 4.79. The SMILES string of the molecule is C=CC(C#N)OCOC. The van der Waals surface area contributed by atoms with Crippen molar-refractivity contribution in [3.63, 3.8) is 0 Å². The highest BCUT2D eigenvalue weighted by Crippen LogP contribution is 1.89. The van der Waals surface area contributed by atoms with Crippen LogP contribution in [-0.4, -0.2) is 20.0 Å². The summed E-state index contributed by atoms with van der Waals surface area (Å²) < 4.78 is 9.34. The van der Waals surface area contributed by atoms with Gasteiger partial charge < -0.3 is 9.47 Å². The lowest BCUT2D eigenvalue weighted by Crippen LogP contribution is -2.08. The predicted molar refractivity (Wildman–Crippen MR) is 32.6 cm³/mol. The zero-order valence-electron chi connectivity index (χ0n) is 5.33. The molecule has 3 nitrogen and oxygen atoms in total. The van der Waals surface area contributed by atoms with Gasteiger partial charge in [0, 0.05) is 7.11 Å². The molecule has 0 saturated carbocycles. The van der Waals surface area contributed by atoms with Crippen LogP contribution in [0.3, 0.4) is 0 Å². The van der Waals surface area contributed by atoms with E-state index in [0.717, 1.165) is 0 Å². The fraction of sp³-hybridized carbons (Fsp3) is 0.500. The minimum atomic E-state index is -0.551. The first-order valence-electron chi connectivity index (χ1n) is 2.48. The van der Waals surface area contributed by atoms with Crippen LogP contribution in [0.15, 0.2) is 12.7 Å². The van der Waals surface area contributed by atoms with Gasteiger partial charge in [-0.05, 0) is 6.08 Å². The Bertz CT molecular complexity index is 117. The first kappa shape index (κ1) is 8.15. The van der Waals surface area contributed by atoms with E-state index in [2.05, 4.69) is 11.3 Å². The van der Waals surface area contributed by atoms with E-state index in [1.807, 2.05) is 6.07 Å². The Morgan fingerprint density at radius 3 is 2.89 bits per heavy atom. The first-order valence-corrected chi connectivity index (χ1v) is 2.48. The Hall–Kier alpha value is -0.850. The van der Waals surface area contributed by atoms with Gasteiger partial charge in [0.2, 0.25) is 0 Å². The molecule has 0 fully saturated rings. The van der Waals surface area contributed by atoms with Gasteiger partial charge in [-0.2, -0.15) is 5.26 Å². The van der Waals surface area contributed by atoms with Crippen LogP contribution >= 0.6 is 0 Å². The summed E-state index contributed by atoms with van der Waals surface area (Å²) in [4.78, 5) is 0. The van der Waals surface area contributed by atoms with E-state index in [-0.39, 0.29) is 6.79 Å². The molecule has 0 rings (SSSR count). The topological polar surface area (TPSA) is 42.2 Å². The number of nitrogens with zero attached hydrogens (tertiary/aromatic N) is 1. The summed E-state index contributed by atoms with van der Waals surface area (Å²) in [6.07, 6.45) is 0.865. The third kappa shape index (κ3) is 3.71. The smallest absolute Gasteiger partial charge is 0.164 e. The average molecular weight is 127 g/mol. The fourth-order valence-electron chi connectivity index (χ4n) is 0.299. The molecule has 0 radical (unpaired) electrons. The van der Waals surface area contributed by atoms with Gasteiger partial charge >= 0.3 is 0 Å². The van der Waals surface area contributed by atoms with Crippen LogP contribution in [-0.2, 0) is 9.47 Å². The average Bonchev–Trinajstić information content (AvgIpc) is 1.91. The molecule has 9 heavy (non-hydrogen) atoms. The molecule has 0 aliphatic rings. The van der Waals surface area contributed by atoms with Gasteiger partial charge in [0.25, 0.3) is 0 Å². The predicted octanol–water partition coefficient (Wildman–Crippen LogP) is 0.685. The van der Waals surface area contributed by atoms with E-state index in [0.29, 0.717) is 0 Å². The molecule has 0 spiro atoms. The first-order chi connectivity index (χ1) is 4.35. The van der Waals surface area contributed by atoms with Crippen LogP contribution in [0.5, 0.6) is 0 Å². The largest absolute Gasteiger partial charge is 0.359 e. The van der Waals surface area contributed by atoms with E-state index in [1.165, 1.54) is 13.2 Å². The summed E-state index contributed by atoms with van der Waals surface area (Å²) in [5, 5.41) is 8.25. The van der Waals surface area contributed by atoms with E-state index in [9.17, 15) is 0 Å². The van der Waals surface area contributed by atoms with Crippen molar-refractivity contribution in [2.24, 2.45) is 0 Å². The molecule has 3 heteroatoms. The minimum Gasteiger partial charge on any atom is -0.359 e. The quantitative estimate of drug-likeness (QED) is 0.412. The summed E-state index contributed by atoms with van der Waals surface area (Å²) in [5.74, 6) is 0. The number of nitriles is 1. The Labute approximate surface area is 54.5 Å². The molecule has 0 saturated heterocycles. The molecule has 0 aromatic rings. The zero-order chi connectivity index (χ0) is 7.11. The summed E-state index contributed by atoms with van der Waals surface area (Å²) >= 11 is 0. The lowest BCUT2D eigenvalue weighted by atomic mass is 10.4. The molecule has 0 aromatic heterocycles. The van der Waals surface area contributed by atoms with Gasteiger partial charge in [0.15, 0.2) is 6.10 Å². The maximum Gasteiger partial charge on any atom is 0.164 e. The maximum absolute atomic E-state index is 8.25. The van der Waals surface area contributed by atoms with Crippen molar-refractivity contribution in [2.45, 2.75) is 6.10 Å². The Balaban J connectivity index is 3.34. The van der Waals surface area contributed by atoms with Crippen molar-refractivity contribution in [1.29, 1.82) is 5.26 Å². The summed E-state index contributed by atoms with van der Waals surface area (Å²) in [6, 6.07) is 1.87. The lowest BCUT2D eigenvalue weighted by molar-refractivity contribution is -0.0388. The highest BCUT2D eigenvalue weighted by molar-refractivity contribution is 4.97. The number of ether oxygens (including phenoxy) is 2. The van der Waals surface area contributed by atoms with Crippen LogP contribution in [0.25, 0.3) is 0 Å². The maximum atomic E-state index is 8.25. The molecule has 1 unspecified atom stereocenters. The number of rotatable bonds is 4. The molecule has 0 N–H and O–H groups in total. The van der Waals surface area contributed by atoms with Gasteiger partial charge in [-0.15, -0.1) is 0 Å². The minimum absolute atomic E-state index is 0.129. The van der Waals surface area contributed by atoms with Crippen LogP contribution in [0.4, 0.5) is 0 Å². The molecule has 0 aliphatic heterocycles. The van der Waals surface area contributed by atoms with Crippen molar-refractivity contribution in [3.8, 4) is 6.07 Å². The van der Waals surface area contributed by atoms with Crippen molar-refractivity contribution in [2.75, 3.05) is 13.9 Å². The van der Waals surface area contributed by atoms with Gasteiger partial charge in [-0.1, -0.05) is 6.58 Å². The normalized spacial score (nSPS) is 12.0. The van der Waals surface area contributed by atoms with Gasteiger partial charge in [0.1, 0.15) is 6.79 Å². The highest BCUT2D eigenvalue weighted by Gasteiger charge is 1.97. The number of methoxy groups -OCH3 is 1. The molecular formula is C6H9NO2. The van der Waals surface area contributed by atoms with Crippen LogP contribution < -0.4 is 0 Å². The second-order valence-electron chi connectivity index (χ2n) is 1.36. The van der Waals surface area contributed by atoms with Gasteiger partial charge in [-0.25, -0.2) is 0 Å². The molecule has 0 amide bonds. The second kappa shape index (κ2) is 5.29.